The van der Waals surface area contributed by atoms with Crippen LogP contribution in [-0.4, -0.2) is 32.2 Å². The maximum absolute atomic E-state index is 11.9. The highest BCUT2D eigenvalue weighted by Gasteiger charge is 2.22. The molecule has 0 saturated carbocycles. The largest absolute Gasteiger partial charge is 0.374 e. The molecule has 0 aliphatic rings. The first-order chi connectivity index (χ1) is 9.42. The Morgan fingerprint density at radius 1 is 1.20 bits per heavy atom. The minimum absolute atomic E-state index is 0.0809. The predicted molar refractivity (Wildman–Crippen MR) is 78.4 cm³/mol. The van der Waals surface area contributed by atoms with E-state index in [2.05, 4.69) is 38.2 Å². The Morgan fingerprint density at radius 3 is 2.45 bits per heavy atom. The summed E-state index contributed by atoms with van der Waals surface area (Å²) in [7, 11) is 0. The van der Waals surface area contributed by atoms with Crippen LogP contribution in [0, 0.1) is 0 Å². The molecule has 1 rings (SSSR count). The van der Waals surface area contributed by atoms with Crippen LogP contribution >= 0.6 is 0 Å². The van der Waals surface area contributed by atoms with Crippen LogP contribution < -0.4 is 5.32 Å². The minimum atomic E-state index is -2.38. The van der Waals surface area contributed by atoms with Gasteiger partial charge in [-0.2, -0.15) is 0 Å². The molecule has 0 radical (unpaired) electrons. The van der Waals surface area contributed by atoms with Crippen LogP contribution in [0.15, 0.2) is 30.3 Å². The van der Waals surface area contributed by atoms with E-state index in [0.29, 0.717) is 19.2 Å². The second kappa shape index (κ2) is 8.32. The van der Waals surface area contributed by atoms with Gasteiger partial charge in [-0.05, 0) is 24.3 Å². The number of alkyl halides is 2. The fourth-order valence-corrected chi connectivity index (χ4v) is 2.39. The predicted octanol–water partition coefficient (Wildman–Crippen LogP) is 3.61. The molecule has 1 aromatic carbocycles. The van der Waals surface area contributed by atoms with Crippen molar-refractivity contribution in [1.82, 2.24) is 5.32 Å². The first-order valence-corrected chi connectivity index (χ1v) is 7.06. The van der Waals surface area contributed by atoms with Crippen LogP contribution in [0.5, 0.6) is 0 Å². The lowest BCUT2D eigenvalue weighted by molar-refractivity contribution is 0.0181. The summed E-state index contributed by atoms with van der Waals surface area (Å²) in [5.74, 6) is 0. The molecule has 20 heavy (non-hydrogen) atoms. The topological polar surface area (TPSA) is 21.3 Å². The molecule has 0 bridgehead atoms. The van der Waals surface area contributed by atoms with E-state index in [9.17, 15) is 8.78 Å². The Bertz CT molecular complexity index is 368. The summed E-state index contributed by atoms with van der Waals surface area (Å²) in [5, 5.41) is 3.31. The first kappa shape index (κ1) is 17.1. The lowest BCUT2D eigenvalue weighted by Gasteiger charge is -2.29. The number of ether oxygens (including phenoxy) is 1. The zero-order valence-corrected chi connectivity index (χ0v) is 12.5. The van der Waals surface area contributed by atoms with Gasteiger partial charge in [-0.25, -0.2) is 8.78 Å². The van der Waals surface area contributed by atoms with Gasteiger partial charge in [-0.3, -0.25) is 0 Å². The van der Waals surface area contributed by atoms with Gasteiger partial charge in [0, 0.05) is 12.6 Å². The van der Waals surface area contributed by atoms with Gasteiger partial charge in [0.15, 0.2) is 0 Å². The van der Waals surface area contributed by atoms with E-state index in [-0.39, 0.29) is 5.41 Å². The zero-order valence-electron chi connectivity index (χ0n) is 12.5. The van der Waals surface area contributed by atoms with E-state index < -0.39 is 13.0 Å². The van der Waals surface area contributed by atoms with Crippen LogP contribution in [0.2, 0.25) is 0 Å². The van der Waals surface area contributed by atoms with Crippen molar-refractivity contribution in [2.45, 2.75) is 45.1 Å². The quantitative estimate of drug-likeness (QED) is 0.700. The van der Waals surface area contributed by atoms with Crippen molar-refractivity contribution in [3.8, 4) is 0 Å². The van der Waals surface area contributed by atoms with Crippen LogP contribution in [0.25, 0.3) is 0 Å². The summed E-state index contributed by atoms with van der Waals surface area (Å²) in [4.78, 5) is 0. The third-order valence-electron chi connectivity index (χ3n) is 3.35. The number of hydrogen-bond acceptors (Lipinski definition) is 2. The molecular formula is C16H25F2NO. The van der Waals surface area contributed by atoms with Crippen molar-refractivity contribution in [1.29, 1.82) is 0 Å². The standard InChI is InChI=1S/C16H25F2NO/c1-13(19-9-10-20-12-15(17)18)11-16(2,3)14-7-5-4-6-8-14/h4-8,13,15,19H,9-12H2,1-3H3. The number of hydrogen-bond donors (Lipinski definition) is 1. The van der Waals surface area contributed by atoms with Crippen LogP contribution in [0.1, 0.15) is 32.8 Å². The van der Waals surface area contributed by atoms with Crippen molar-refractivity contribution in [3.05, 3.63) is 35.9 Å². The first-order valence-electron chi connectivity index (χ1n) is 7.06. The summed E-state index contributed by atoms with van der Waals surface area (Å²) >= 11 is 0. The Balaban J connectivity index is 2.29. The Morgan fingerprint density at radius 2 is 1.85 bits per heavy atom. The maximum Gasteiger partial charge on any atom is 0.261 e. The molecule has 1 unspecified atom stereocenters. The Labute approximate surface area is 120 Å². The van der Waals surface area contributed by atoms with Crippen molar-refractivity contribution < 1.29 is 13.5 Å². The van der Waals surface area contributed by atoms with Crippen molar-refractivity contribution in [2.75, 3.05) is 19.8 Å². The molecule has 1 aromatic rings. The molecule has 2 nitrogen and oxygen atoms in total. The van der Waals surface area contributed by atoms with Gasteiger partial charge < -0.3 is 10.1 Å². The van der Waals surface area contributed by atoms with Gasteiger partial charge in [-0.1, -0.05) is 44.2 Å². The molecular weight excluding hydrogens is 260 g/mol. The maximum atomic E-state index is 11.9. The molecule has 0 fully saturated rings. The summed E-state index contributed by atoms with van der Waals surface area (Å²) in [6.45, 7) is 6.98. The van der Waals surface area contributed by atoms with Crippen LogP contribution in [-0.2, 0) is 10.2 Å². The lowest BCUT2D eigenvalue weighted by Crippen LogP contribution is -2.35. The fraction of sp³-hybridized carbons (Fsp3) is 0.625. The summed E-state index contributed by atoms with van der Waals surface area (Å²) < 4.78 is 28.6. The molecule has 0 aliphatic carbocycles. The highest BCUT2D eigenvalue weighted by atomic mass is 19.3. The van der Waals surface area contributed by atoms with Gasteiger partial charge in [0.1, 0.15) is 6.61 Å². The van der Waals surface area contributed by atoms with E-state index in [1.807, 2.05) is 18.2 Å². The lowest BCUT2D eigenvalue weighted by atomic mass is 9.79. The molecule has 0 aliphatic heterocycles. The SMILES string of the molecule is CC(CC(C)(C)c1ccccc1)NCCOCC(F)F. The van der Waals surface area contributed by atoms with Crippen molar-refractivity contribution >= 4 is 0 Å². The second-order valence-electron chi connectivity index (χ2n) is 5.78. The van der Waals surface area contributed by atoms with Gasteiger partial charge in [0.25, 0.3) is 6.43 Å². The molecule has 0 heterocycles. The van der Waals surface area contributed by atoms with E-state index >= 15 is 0 Å². The minimum Gasteiger partial charge on any atom is -0.374 e. The summed E-state index contributed by atoms with van der Waals surface area (Å²) in [6.07, 6.45) is -1.41. The average molecular weight is 285 g/mol. The number of rotatable bonds is 9. The average Bonchev–Trinajstić information content (AvgIpc) is 2.38. The fourth-order valence-electron chi connectivity index (χ4n) is 2.39. The molecule has 1 N–H and O–H groups in total. The monoisotopic (exact) mass is 285 g/mol. The van der Waals surface area contributed by atoms with Crippen molar-refractivity contribution in [3.63, 3.8) is 0 Å². The molecule has 0 amide bonds. The van der Waals surface area contributed by atoms with Gasteiger partial charge >= 0.3 is 0 Å². The van der Waals surface area contributed by atoms with E-state index in [1.54, 1.807) is 0 Å². The van der Waals surface area contributed by atoms with Crippen molar-refractivity contribution in [2.24, 2.45) is 0 Å². The second-order valence-corrected chi connectivity index (χ2v) is 5.78. The smallest absolute Gasteiger partial charge is 0.261 e. The van der Waals surface area contributed by atoms with Gasteiger partial charge in [-0.15, -0.1) is 0 Å². The van der Waals surface area contributed by atoms with E-state index in [0.717, 1.165) is 6.42 Å². The van der Waals surface area contributed by atoms with Crippen LogP contribution in [0.3, 0.4) is 0 Å². The van der Waals surface area contributed by atoms with E-state index in [1.165, 1.54) is 5.56 Å². The van der Waals surface area contributed by atoms with Gasteiger partial charge in [0.2, 0.25) is 0 Å². The van der Waals surface area contributed by atoms with E-state index in [4.69, 9.17) is 4.74 Å². The molecule has 0 aromatic heterocycles. The molecule has 0 spiro atoms. The number of halogens is 2. The highest BCUT2D eigenvalue weighted by molar-refractivity contribution is 5.23. The molecule has 1 atom stereocenters. The third-order valence-corrected chi connectivity index (χ3v) is 3.35. The molecule has 114 valence electrons. The highest BCUT2D eigenvalue weighted by Crippen LogP contribution is 2.27. The molecule has 4 heteroatoms. The normalized spacial score (nSPS) is 13.7. The van der Waals surface area contributed by atoms with Crippen LogP contribution in [0.4, 0.5) is 8.78 Å². The zero-order chi connectivity index (χ0) is 15.0. The molecule has 0 saturated heterocycles. The number of benzene rings is 1. The Hall–Kier alpha value is -1.00. The third kappa shape index (κ3) is 6.44. The Kier molecular flexibility index (Phi) is 7.10. The summed E-state index contributed by atoms with van der Waals surface area (Å²) in [6, 6.07) is 10.7. The summed E-state index contributed by atoms with van der Waals surface area (Å²) in [5.41, 5.74) is 1.39. The number of nitrogens with one attached hydrogen (secondary N) is 1. The van der Waals surface area contributed by atoms with Gasteiger partial charge in [0.05, 0.1) is 6.61 Å².